The average Bonchev–Trinajstić information content (AvgIpc) is 3.39. The monoisotopic (exact) mass is 568 g/mol. The van der Waals surface area contributed by atoms with Crippen LogP contribution >= 0.6 is 27.5 Å². The number of hydrogen-bond donors (Lipinski definition) is 1. The molecule has 4 rings (SSSR count). The van der Waals surface area contributed by atoms with Crippen LogP contribution in [0.5, 0.6) is 5.75 Å². The molecule has 0 aromatic heterocycles. The van der Waals surface area contributed by atoms with E-state index in [0.717, 1.165) is 41.3 Å². The van der Waals surface area contributed by atoms with E-state index in [-0.39, 0.29) is 31.0 Å². The van der Waals surface area contributed by atoms with Gasteiger partial charge in [0, 0.05) is 23.5 Å². The minimum absolute atomic E-state index is 0.133. The van der Waals surface area contributed by atoms with Crippen molar-refractivity contribution in [3.8, 4) is 5.75 Å². The molecule has 0 saturated heterocycles. The van der Waals surface area contributed by atoms with Crippen molar-refractivity contribution in [3.63, 3.8) is 0 Å². The van der Waals surface area contributed by atoms with Crippen molar-refractivity contribution in [2.45, 2.75) is 50.7 Å². The van der Waals surface area contributed by atoms with Crippen molar-refractivity contribution < 1.29 is 14.3 Å². The first-order valence-corrected chi connectivity index (χ1v) is 13.4. The Balaban J connectivity index is 1.62. The van der Waals surface area contributed by atoms with Crippen molar-refractivity contribution in [3.05, 3.63) is 99.5 Å². The topological polar surface area (TPSA) is 58.6 Å². The molecule has 1 saturated carbocycles. The van der Waals surface area contributed by atoms with E-state index in [0.29, 0.717) is 17.2 Å². The maximum absolute atomic E-state index is 13.7. The number of carbonyl (C=O) groups is 2. The zero-order chi connectivity index (χ0) is 25.3. The highest BCUT2D eigenvalue weighted by Crippen LogP contribution is 2.24. The number of nitrogens with one attached hydrogen (secondary N) is 1. The third-order valence-corrected chi connectivity index (χ3v) is 7.21. The van der Waals surface area contributed by atoms with Crippen LogP contribution in [0, 0.1) is 0 Å². The Labute approximate surface area is 225 Å². The van der Waals surface area contributed by atoms with Gasteiger partial charge in [-0.2, -0.15) is 0 Å². The Morgan fingerprint density at radius 2 is 1.67 bits per heavy atom. The summed E-state index contributed by atoms with van der Waals surface area (Å²) in [5.41, 5.74) is 1.91. The summed E-state index contributed by atoms with van der Waals surface area (Å²) >= 11 is 9.75. The number of nitrogens with zero attached hydrogens (tertiary/aromatic N) is 1. The van der Waals surface area contributed by atoms with E-state index in [1.54, 1.807) is 29.2 Å². The fourth-order valence-corrected chi connectivity index (χ4v) is 5.17. The Hall–Kier alpha value is -2.83. The van der Waals surface area contributed by atoms with Crippen LogP contribution in [-0.4, -0.2) is 35.4 Å². The predicted molar refractivity (Wildman–Crippen MR) is 146 cm³/mol. The van der Waals surface area contributed by atoms with Gasteiger partial charge in [-0.15, -0.1) is 0 Å². The number of amides is 2. The summed E-state index contributed by atoms with van der Waals surface area (Å²) in [6.45, 7) is 0.0550. The minimum Gasteiger partial charge on any atom is -0.482 e. The highest BCUT2D eigenvalue weighted by Gasteiger charge is 2.32. The van der Waals surface area contributed by atoms with Crippen molar-refractivity contribution in [2.24, 2.45) is 0 Å². The molecule has 5 nitrogen and oxygen atoms in total. The number of ether oxygens (including phenoxy) is 1. The normalized spacial score (nSPS) is 14.3. The predicted octanol–water partition coefficient (Wildman–Crippen LogP) is 6.18. The number of para-hydroxylation sites is 1. The molecule has 0 bridgehead atoms. The molecule has 2 amide bonds. The molecule has 0 heterocycles. The summed E-state index contributed by atoms with van der Waals surface area (Å²) in [6, 6.07) is 24.1. The summed E-state index contributed by atoms with van der Waals surface area (Å²) in [7, 11) is 0. The van der Waals surface area contributed by atoms with Gasteiger partial charge in [0.25, 0.3) is 5.91 Å². The number of rotatable bonds is 10. The molecular formula is C29H30BrClN2O3. The summed E-state index contributed by atoms with van der Waals surface area (Å²) in [5, 5.41) is 3.64. The second-order valence-electron chi connectivity index (χ2n) is 9.07. The highest BCUT2D eigenvalue weighted by atomic mass is 79.9. The van der Waals surface area contributed by atoms with Crippen LogP contribution in [0.15, 0.2) is 83.3 Å². The summed E-state index contributed by atoms with van der Waals surface area (Å²) < 4.78 is 6.70. The van der Waals surface area contributed by atoms with Crippen LogP contribution in [0.1, 0.15) is 36.8 Å². The van der Waals surface area contributed by atoms with Crippen LogP contribution in [-0.2, 0) is 22.6 Å². The summed E-state index contributed by atoms with van der Waals surface area (Å²) in [4.78, 5) is 29.0. The van der Waals surface area contributed by atoms with Crippen LogP contribution in [0.2, 0.25) is 5.02 Å². The van der Waals surface area contributed by atoms with E-state index in [2.05, 4.69) is 21.2 Å². The maximum atomic E-state index is 13.7. The van der Waals surface area contributed by atoms with Gasteiger partial charge in [0.15, 0.2) is 6.61 Å². The Bertz CT molecular complexity index is 1170. The lowest BCUT2D eigenvalue weighted by Crippen LogP contribution is -2.53. The van der Waals surface area contributed by atoms with Gasteiger partial charge in [0.1, 0.15) is 11.8 Å². The quantitative estimate of drug-likeness (QED) is 0.317. The molecule has 1 N–H and O–H groups in total. The zero-order valence-corrected chi connectivity index (χ0v) is 22.4. The smallest absolute Gasteiger partial charge is 0.261 e. The first-order valence-electron chi connectivity index (χ1n) is 12.2. The van der Waals surface area contributed by atoms with Gasteiger partial charge < -0.3 is 15.0 Å². The number of benzene rings is 3. The molecule has 3 aromatic rings. The van der Waals surface area contributed by atoms with Gasteiger partial charge in [0.05, 0.1) is 5.02 Å². The van der Waals surface area contributed by atoms with Crippen LogP contribution in [0.3, 0.4) is 0 Å². The molecule has 1 atom stereocenters. The molecule has 0 aliphatic heterocycles. The van der Waals surface area contributed by atoms with Gasteiger partial charge in [-0.1, -0.05) is 95.0 Å². The molecule has 1 aliphatic rings. The van der Waals surface area contributed by atoms with Gasteiger partial charge in [-0.05, 0) is 48.2 Å². The molecule has 1 fully saturated rings. The second kappa shape index (κ2) is 12.9. The third-order valence-electron chi connectivity index (χ3n) is 6.40. The number of carbonyl (C=O) groups excluding carboxylic acids is 2. The van der Waals surface area contributed by atoms with Crippen LogP contribution < -0.4 is 10.1 Å². The maximum Gasteiger partial charge on any atom is 0.261 e. The molecule has 3 aromatic carbocycles. The number of hydrogen-bond acceptors (Lipinski definition) is 3. The second-order valence-corrected chi connectivity index (χ2v) is 10.4. The molecule has 36 heavy (non-hydrogen) atoms. The fourth-order valence-electron chi connectivity index (χ4n) is 4.54. The molecule has 0 radical (unpaired) electrons. The molecule has 1 aliphatic carbocycles. The van der Waals surface area contributed by atoms with E-state index in [9.17, 15) is 9.59 Å². The minimum atomic E-state index is -0.686. The Morgan fingerprint density at radius 3 is 2.39 bits per heavy atom. The first kappa shape index (κ1) is 26.2. The van der Waals surface area contributed by atoms with Crippen molar-refractivity contribution in [2.75, 3.05) is 6.61 Å². The summed E-state index contributed by atoms with van der Waals surface area (Å²) in [6.07, 6.45) is 4.57. The highest BCUT2D eigenvalue weighted by molar-refractivity contribution is 9.10. The van der Waals surface area contributed by atoms with E-state index < -0.39 is 6.04 Å². The van der Waals surface area contributed by atoms with Crippen LogP contribution in [0.4, 0.5) is 0 Å². The van der Waals surface area contributed by atoms with E-state index in [1.165, 1.54) is 0 Å². The average molecular weight is 570 g/mol. The SMILES string of the molecule is O=C(NC1CCCC1)[C@H](Cc1ccccc1)N(Cc1cccc(Br)c1)C(=O)COc1ccccc1Cl. The summed E-state index contributed by atoms with van der Waals surface area (Å²) in [5.74, 6) is 0.0224. The van der Waals surface area contributed by atoms with Crippen molar-refractivity contribution in [1.29, 1.82) is 0 Å². The lowest BCUT2D eigenvalue weighted by atomic mass is 10.0. The fraction of sp³-hybridized carbons (Fsp3) is 0.310. The largest absolute Gasteiger partial charge is 0.482 e. The number of halogens is 2. The lowest BCUT2D eigenvalue weighted by molar-refractivity contribution is -0.143. The standard InChI is InChI=1S/C29H30BrClN2O3/c30-23-12-8-11-22(17-23)19-33(28(34)20-36-27-16-7-6-15-25(27)31)26(18-21-9-2-1-3-10-21)29(35)32-24-13-4-5-14-24/h1-3,6-12,15-17,24,26H,4-5,13-14,18-20H2,(H,32,35)/t26-/m0/s1. The van der Waals surface area contributed by atoms with Gasteiger partial charge in [-0.25, -0.2) is 0 Å². The molecule has 0 unspecified atom stereocenters. The van der Waals surface area contributed by atoms with Crippen LogP contribution in [0.25, 0.3) is 0 Å². The first-order chi connectivity index (χ1) is 17.5. The van der Waals surface area contributed by atoms with Gasteiger partial charge in [-0.3, -0.25) is 9.59 Å². The van der Waals surface area contributed by atoms with Crippen molar-refractivity contribution >= 4 is 39.3 Å². The molecule has 7 heteroatoms. The van der Waals surface area contributed by atoms with E-state index >= 15 is 0 Å². The zero-order valence-electron chi connectivity index (χ0n) is 20.0. The van der Waals surface area contributed by atoms with Crippen molar-refractivity contribution in [1.82, 2.24) is 10.2 Å². The van der Waals surface area contributed by atoms with E-state index in [1.807, 2.05) is 54.6 Å². The van der Waals surface area contributed by atoms with E-state index in [4.69, 9.17) is 16.3 Å². The molecule has 188 valence electrons. The lowest BCUT2D eigenvalue weighted by Gasteiger charge is -2.32. The third kappa shape index (κ3) is 7.34. The molecular weight excluding hydrogens is 540 g/mol. The van der Waals surface area contributed by atoms with Gasteiger partial charge >= 0.3 is 0 Å². The Kier molecular flexibility index (Phi) is 9.42. The van der Waals surface area contributed by atoms with Gasteiger partial charge in [0.2, 0.25) is 5.91 Å². The Morgan fingerprint density at radius 1 is 0.972 bits per heavy atom. The molecule has 0 spiro atoms.